The van der Waals surface area contributed by atoms with Crippen molar-refractivity contribution in [2.45, 2.75) is 57.7 Å². The van der Waals surface area contributed by atoms with E-state index >= 15 is 0 Å². The van der Waals surface area contributed by atoms with Gasteiger partial charge in [0.05, 0.1) is 37.4 Å². The molecule has 0 aliphatic carbocycles. The van der Waals surface area contributed by atoms with Crippen molar-refractivity contribution in [1.82, 2.24) is 24.7 Å². The molecule has 1 aliphatic heterocycles. The summed E-state index contributed by atoms with van der Waals surface area (Å²) < 4.78 is 48.6. The highest BCUT2D eigenvalue weighted by atomic mass is 32.2. The van der Waals surface area contributed by atoms with Gasteiger partial charge >= 0.3 is 0 Å². The molecule has 12 nitrogen and oxygen atoms in total. The summed E-state index contributed by atoms with van der Waals surface area (Å²) in [4.78, 5) is 8.60. The number of benzene rings is 1. The van der Waals surface area contributed by atoms with Crippen LogP contribution in [-0.2, 0) is 19.5 Å². The van der Waals surface area contributed by atoms with Crippen molar-refractivity contribution in [3.63, 3.8) is 0 Å². The number of ether oxygens (including phenoxy) is 3. The minimum atomic E-state index is -4.14. The van der Waals surface area contributed by atoms with Crippen LogP contribution in [0.1, 0.15) is 56.6 Å². The number of methoxy groups -OCH3 is 1. The number of hydrogen-bond donors (Lipinski definition) is 2. The topological polar surface area (TPSA) is 151 Å². The first-order chi connectivity index (χ1) is 18.1. The average molecular weight is 545 g/mol. The average Bonchev–Trinajstić information content (AvgIpc) is 3.29. The van der Waals surface area contributed by atoms with Crippen LogP contribution in [0.4, 0.5) is 5.95 Å². The standard InChI is InChI=1S/C25H32N6O6S/c1-15(2)37-23(18-14-26-16(3)13-27-18)17(4)38(33,34)30-25-29-28-24(21-10-6-7-12-36-21)31(25)22-19(32)9-8-11-20(22)35-5/h6,8-11,13-15,17,21,23,32H,7,12H2,1-5H3,(H,29,30)/t17-,21-,23+/m1/s1. The third-order valence-corrected chi connectivity index (χ3v) is 7.61. The summed E-state index contributed by atoms with van der Waals surface area (Å²) in [6, 6.07) is 4.71. The van der Waals surface area contributed by atoms with E-state index in [0.29, 0.717) is 18.0 Å². The van der Waals surface area contributed by atoms with Crippen molar-refractivity contribution in [3.8, 4) is 17.2 Å². The molecule has 0 radical (unpaired) electrons. The monoisotopic (exact) mass is 544 g/mol. The lowest BCUT2D eigenvalue weighted by Gasteiger charge is -2.26. The van der Waals surface area contributed by atoms with E-state index in [9.17, 15) is 13.5 Å². The molecule has 0 fully saturated rings. The molecule has 0 saturated carbocycles. The second kappa shape index (κ2) is 11.5. The van der Waals surface area contributed by atoms with Gasteiger partial charge in [0.15, 0.2) is 5.82 Å². The van der Waals surface area contributed by atoms with E-state index in [-0.39, 0.29) is 35.1 Å². The van der Waals surface area contributed by atoms with E-state index < -0.39 is 27.5 Å². The fraction of sp³-hybridized carbons (Fsp3) is 0.440. The van der Waals surface area contributed by atoms with Crippen molar-refractivity contribution in [1.29, 1.82) is 0 Å². The first kappa shape index (κ1) is 27.5. The lowest BCUT2D eigenvalue weighted by atomic mass is 10.2. The smallest absolute Gasteiger partial charge is 0.243 e. The molecule has 1 aliphatic rings. The molecule has 4 rings (SSSR count). The number of rotatable bonds is 10. The molecule has 3 atom stereocenters. The number of para-hydroxylation sites is 1. The van der Waals surface area contributed by atoms with Gasteiger partial charge in [-0.2, -0.15) is 0 Å². The van der Waals surface area contributed by atoms with E-state index in [2.05, 4.69) is 24.9 Å². The lowest BCUT2D eigenvalue weighted by molar-refractivity contribution is 0.00394. The molecular weight excluding hydrogens is 512 g/mol. The lowest BCUT2D eigenvalue weighted by Crippen LogP contribution is -2.34. The minimum absolute atomic E-state index is 0.146. The highest BCUT2D eigenvalue weighted by molar-refractivity contribution is 7.93. The fourth-order valence-corrected chi connectivity index (χ4v) is 5.11. The third-order valence-electron chi connectivity index (χ3n) is 5.92. The second-order valence-electron chi connectivity index (χ2n) is 9.09. The highest BCUT2D eigenvalue weighted by Gasteiger charge is 2.36. The van der Waals surface area contributed by atoms with Gasteiger partial charge in [0.1, 0.15) is 34.6 Å². The number of phenolic OH excluding ortho intramolecular Hbond substituents is 1. The summed E-state index contributed by atoms with van der Waals surface area (Å²) in [5, 5.41) is 18.0. The maximum absolute atomic E-state index is 13.7. The normalized spacial score (nSPS) is 17.4. The fourth-order valence-electron chi connectivity index (χ4n) is 4.01. The Morgan fingerprint density at radius 3 is 2.61 bits per heavy atom. The summed E-state index contributed by atoms with van der Waals surface area (Å²) >= 11 is 0. The number of phenols is 1. The van der Waals surface area contributed by atoms with Gasteiger partial charge in [-0.25, -0.2) is 8.42 Å². The molecule has 2 N–H and O–H groups in total. The number of aromatic hydroxyl groups is 1. The third kappa shape index (κ3) is 5.79. The summed E-state index contributed by atoms with van der Waals surface area (Å²) in [6.45, 7) is 7.39. The van der Waals surface area contributed by atoms with Crippen LogP contribution in [0, 0.1) is 6.92 Å². The van der Waals surface area contributed by atoms with E-state index in [4.69, 9.17) is 14.2 Å². The van der Waals surface area contributed by atoms with Crippen LogP contribution in [0.5, 0.6) is 11.5 Å². The first-order valence-electron chi connectivity index (χ1n) is 12.2. The molecule has 2 aromatic heterocycles. The van der Waals surface area contributed by atoms with Gasteiger partial charge in [-0.05, 0) is 46.2 Å². The van der Waals surface area contributed by atoms with Crippen LogP contribution in [0.25, 0.3) is 5.69 Å². The molecule has 204 valence electrons. The number of sulfonamides is 1. The number of aromatic nitrogens is 5. The Kier molecular flexibility index (Phi) is 8.29. The Balaban J connectivity index is 1.78. The number of nitrogens with one attached hydrogen (secondary N) is 1. The van der Waals surface area contributed by atoms with Gasteiger partial charge in [0, 0.05) is 6.20 Å². The Hall–Kier alpha value is -3.55. The van der Waals surface area contributed by atoms with Gasteiger partial charge in [-0.15, -0.1) is 10.2 Å². The van der Waals surface area contributed by atoms with E-state index in [1.54, 1.807) is 31.3 Å². The van der Waals surface area contributed by atoms with Gasteiger partial charge in [-0.3, -0.25) is 19.3 Å². The van der Waals surface area contributed by atoms with Crippen molar-refractivity contribution < 1.29 is 27.7 Å². The zero-order valence-corrected chi connectivity index (χ0v) is 22.7. The van der Waals surface area contributed by atoms with Gasteiger partial charge in [0.2, 0.25) is 16.0 Å². The number of anilines is 1. The number of nitrogens with zero attached hydrogens (tertiary/aromatic N) is 5. The maximum Gasteiger partial charge on any atom is 0.243 e. The zero-order valence-electron chi connectivity index (χ0n) is 21.9. The molecule has 3 heterocycles. The molecule has 0 bridgehead atoms. The Morgan fingerprint density at radius 2 is 1.97 bits per heavy atom. The summed E-state index contributed by atoms with van der Waals surface area (Å²) in [5.41, 5.74) is 1.25. The Labute approximate surface area is 221 Å². The maximum atomic E-state index is 13.7. The predicted molar refractivity (Wildman–Crippen MR) is 140 cm³/mol. The van der Waals surface area contributed by atoms with Crippen molar-refractivity contribution in [2.75, 3.05) is 18.4 Å². The molecule has 1 aromatic carbocycles. The van der Waals surface area contributed by atoms with Crippen molar-refractivity contribution >= 4 is 16.0 Å². The quantitative estimate of drug-likeness (QED) is 0.363. The molecular formula is C25H32N6O6S. The molecule has 0 spiro atoms. The number of aryl methyl sites for hydroxylation is 1. The molecule has 38 heavy (non-hydrogen) atoms. The van der Waals surface area contributed by atoms with E-state index in [1.165, 1.54) is 30.9 Å². The molecule has 3 aromatic rings. The molecule has 13 heteroatoms. The zero-order chi connectivity index (χ0) is 27.4. The van der Waals surface area contributed by atoms with Gasteiger partial charge in [-0.1, -0.05) is 18.2 Å². The first-order valence-corrected chi connectivity index (χ1v) is 13.7. The summed E-state index contributed by atoms with van der Waals surface area (Å²) in [5.74, 6) is 0.253. The summed E-state index contributed by atoms with van der Waals surface area (Å²) in [7, 11) is -2.70. The van der Waals surface area contributed by atoms with Crippen LogP contribution in [0.15, 0.2) is 42.7 Å². The van der Waals surface area contributed by atoms with Crippen molar-refractivity contribution in [2.24, 2.45) is 0 Å². The van der Waals surface area contributed by atoms with Crippen LogP contribution in [0.3, 0.4) is 0 Å². The van der Waals surface area contributed by atoms with Gasteiger partial charge in [0.25, 0.3) is 0 Å². The van der Waals surface area contributed by atoms with Crippen LogP contribution in [-0.4, -0.2) is 63.3 Å². The molecule has 0 saturated heterocycles. The van der Waals surface area contributed by atoms with E-state index in [1.807, 2.05) is 19.9 Å². The Morgan fingerprint density at radius 1 is 1.18 bits per heavy atom. The van der Waals surface area contributed by atoms with Crippen LogP contribution in [0.2, 0.25) is 0 Å². The highest BCUT2D eigenvalue weighted by Crippen LogP contribution is 2.37. The predicted octanol–water partition coefficient (Wildman–Crippen LogP) is 3.39. The SMILES string of the molecule is COc1cccc(O)c1-n1c(NS(=O)(=O)[C@H](C)[C@H](OC(C)C)c2cnc(C)cn2)nnc1[C@H]1C=CCCO1. The van der Waals surface area contributed by atoms with Crippen molar-refractivity contribution in [3.05, 3.63) is 60.0 Å². The van der Waals surface area contributed by atoms with Crippen LogP contribution < -0.4 is 9.46 Å². The second-order valence-corrected chi connectivity index (χ2v) is 11.1. The van der Waals surface area contributed by atoms with Gasteiger partial charge < -0.3 is 19.3 Å². The van der Waals surface area contributed by atoms with E-state index in [0.717, 1.165) is 6.42 Å². The largest absolute Gasteiger partial charge is 0.506 e. The molecule has 0 amide bonds. The minimum Gasteiger partial charge on any atom is -0.506 e. The number of hydrogen-bond acceptors (Lipinski definition) is 10. The van der Waals surface area contributed by atoms with Crippen LogP contribution >= 0.6 is 0 Å². The Bertz CT molecular complexity index is 1390. The molecule has 0 unspecified atom stereocenters. The summed E-state index contributed by atoms with van der Waals surface area (Å²) in [6.07, 6.45) is 5.74.